The Morgan fingerprint density at radius 1 is 1.09 bits per heavy atom. The van der Waals surface area contributed by atoms with Gasteiger partial charge in [0.1, 0.15) is 0 Å². The Bertz CT molecular complexity index is 333. The van der Waals surface area contributed by atoms with Crippen LogP contribution in [0.25, 0.3) is 0 Å². The SMILES string of the molecule is C=C([CH2-])Cl.CC(C)[PH](OC(=O)C(F)(F)F)(C(C)C)C(C)C.[Pd]. The molecule has 138 valence electrons. The second-order valence-corrected chi connectivity index (χ2v) is 11.6. The zero-order chi connectivity index (χ0) is 17.6. The van der Waals surface area contributed by atoms with Crippen LogP contribution >= 0.6 is 19.1 Å². The van der Waals surface area contributed by atoms with Gasteiger partial charge < -0.3 is 0 Å². The number of hydrogen-bond acceptors (Lipinski definition) is 2. The molecule has 22 heavy (non-hydrogen) atoms. The normalized spacial score (nSPS) is 12.4. The van der Waals surface area contributed by atoms with E-state index in [9.17, 15) is 18.0 Å². The summed E-state index contributed by atoms with van der Waals surface area (Å²) in [4.78, 5) is 11.1. The van der Waals surface area contributed by atoms with Gasteiger partial charge in [-0.2, -0.15) is 0 Å². The molecule has 0 rings (SSSR count). The average Bonchev–Trinajstić information content (AvgIpc) is 2.21. The quantitative estimate of drug-likeness (QED) is 0.315. The Kier molecular flexibility index (Phi) is 13.5. The van der Waals surface area contributed by atoms with Gasteiger partial charge in [0.25, 0.3) is 0 Å². The van der Waals surface area contributed by atoms with Crippen molar-refractivity contribution in [2.24, 2.45) is 0 Å². The van der Waals surface area contributed by atoms with E-state index in [-0.39, 0.29) is 37.4 Å². The topological polar surface area (TPSA) is 26.3 Å². The largest absolute Gasteiger partial charge is 0 e. The minimum atomic E-state index is -4.91. The summed E-state index contributed by atoms with van der Waals surface area (Å²) in [6, 6.07) is 0. The summed E-state index contributed by atoms with van der Waals surface area (Å²) in [7, 11) is -2.77. The van der Waals surface area contributed by atoms with Crippen LogP contribution in [0.15, 0.2) is 11.6 Å². The van der Waals surface area contributed by atoms with Crippen LogP contribution in [0, 0.1) is 6.92 Å². The molecule has 0 saturated heterocycles. The molecule has 0 spiro atoms. The summed E-state index contributed by atoms with van der Waals surface area (Å²) in [5.74, 6) is -2.04. The van der Waals surface area contributed by atoms with Gasteiger partial charge in [-0.25, -0.2) is 13.5 Å². The minimum Gasteiger partial charge on any atom is 0 e. The van der Waals surface area contributed by atoms with Gasteiger partial charge in [-0.1, -0.05) is 0 Å². The van der Waals surface area contributed by atoms with Gasteiger partial charge in [-0.3, -0.25) is 0 Å². The van der Waals surface area contributed by atoms with Crippen LogP contribution in [0.2, 0.25) is 0 Å². The second kappa shape index (κ2) is 10.9. The smallest absolute Gasteiger partial charge is 0 e. The Morgan fingerprint density at radius 2 is 1.32 bits per heavy atom. The van der Waals surface area contributed by atoms with E-state index in [0.29, 0.717) is 5.03 Å². The fourth-order valence-electron chi connectivity index (χ4n) is 2.57. The Balaban J connectivity index is -0.000000640. The summed E-state index contributed by atoms with van der Waals surface area (Å²) in [5.41, 5.74) is -0.142. The van der Waals surface area contributed by atoms with E-state index >= 15 is 0 Å². The van der Waals surface area contributed by atoms with Crippen LogP contribution in [-0.2, 0) is 29.7 Å². The van der Waals surface area contributed by atoms with Crippen LogP contribution in [0.3, 0.4) is 0 Å². The summed E-state index contributed by atoms with van der Waals surface area (Å²) in [6.07, 6.45) is -4.91. The molecule has 0 unspecified atom stereocenters. The molecule has 0 aromatic heterocycles. The first kappa shape index (κ1) is 27.1. The van der Waals surface area contributed by atoms with Crippen LogP contribution in [-0.4, -0.2) is 29.1 Å². The number of allylic oxidation sites excluding steroid dienone is 1. The number of alkyl halides is 3. The van der Waals surface area contributed by atoms with Crippen molar-refractivity contribution in [1.82, 2.24) is 0 Å². The van der Waals surface area contributed by atoms with Gasteiger partial charge in [0.2, 0.25) is 0 Å². The molecule has 8 heteroatoms. The molecule has 0 N–H and O–H groups in total. The third-order valence-electron chi connectivity index (χ3n) is 3.21. The fraction of sp³-hybridized carbons (Fsp3) is 0.714. The number of carbonyl (C=O) groups excluding carboxylic acids is 1. The summed E-state index contributed by atoms with van der Waals surface area (Å²) < 4.78 is 41.9. The van der Waals surface area contributed by atoms with Gasteiger partial charge in [0.05, 0.1) is 0 Å². The molecule has 0 heterocycles. The Labute approximate surface area is 151 Å². The van der Waals surface area contributed by atoms with E-state index in [1.54, 1.807) is 0 Å². The molecule has 0 aromatic carbocycles. The van der Waals surface area contributed by atoms with Gasteiger partial charge in [0.15, 0.2) is 0 Å². The third-order valence-corrected chi connectivity index (χ3v) is 9.16. The van der Waals surface area contributed by atoms with E-state index in [0.717, 1.165) is 0 Å². The Hall–Kier alpha value is 0.252. The van der Waals surface area contributed by atoms with E-state index in [1.807, 2.05) is 41.5 Å². The zero-order valence-electron chi connectivity index (χ0n) is 13.8. The molecular weight excluding hydrogens is 430 g/mol. The molecule has 0 aliphatic rings. The Morgan fingerprint density at radius 3 is 1.45 bits per heavy atom. The van der Waals surface area contributed by atoms with Gasteiger partial charge >= 0.3 is 101 Å². The van der Waals surface area contributed by atoms with E-state index < -0.39 is 19.6 Å². The number of carbonyl (C=O) groups is 1. The number of halogens is 4. The molecule has 2 nitrogen and oxygen atoms in total. The number of rotatable bonds is 4. The van der Waals surface area contributed by atoms with Crippen molar-refractivity contribution in [3.8, 4) is 0 Å². The molecule has 0 aromatic rings. The standard InChI is InChI=1S/C11H22F3O2P.C3H4Cl.Pd/c1-7(2)17(8(3)4,9(5)6)16-10(15)11(12,13)14;1-3(2)4;/h7-9,17H,1-6H3;1-2H2;/q;-1;. The molecule has 0 amide bonds. The van der Waals surface area contributed by atoms with E-state index in [4.69, 9.17) is 16.1 Å². The van der Waals surface area contributed by atoms with Gasteiger partial charge in [-0.05, 0) is 0 Å². The summed E-state index contributed by atoms with van der Waals surface area (Å²) in [6.45, 7) is 17.4. The summed E-state index contributed by atoms with van der Waals surface area (Å²) >= 11 is 4.97. The maximum absolute atomic E-state index is 12.3. The molecule has 0 radical (unpaired) electrons. The van der Waals surface area contributed by atoms with Crippen molar-refractivity contribution < 1.29 is 42.9 Å². The van der Waals surface area contributed by atoms with E-state index in [1.165, 1.54) is 0 Å². The second-order valence-electron chi connectivity index (χ2n) is 5.72. The van der Waals surface area contributed by atoms with Crippen LogP contribution < -0.4 is 0 Å². The minimum absolute atomic E-state index is 0. The van der Waals surface area contributed by atoms with E-state index in [2.05, 4.69) is 13.5 Å². The molecule has 0 aliphatic heterocycles. The van der Waals surface area contributed by atoms with Crippen LogP contribution in [0.1, 0.15) is 41.5 Å². The van der Waals surface area contributed by atoms with Crippen molar-refractivity contribution >= 4 is 25.1 Å². The van der Waals surface area contributed by atoms with Crippen molar-refractivity contribution in [3.05, 3.63) is 18.5 Å². The van der Waals surface area contributed by atoms with Gasteiger partial charge in [-0.15, -0.1) is 16.6 Å². The van der Waals surface area contributed by atoms with Crippen molar-refractivity contribution in [2.45, 2.75) is 64.7 Å². The van der Waals surface area contributed by atoms with Crippen LogP contribution in [0.5, 0.6) is 0 Å². The average molecular weight is 456 g/mol. The predicted octanol–water partition coefficient (Wildman–Crippen LogP) is 5.55. The number of hydrogen-bond donors (Lipinski definition) is 0. The molecular formula is C14H26ClF3O2PPd-. The monoisotopic (exact) mass is 455 g/mol. The first-order chi connectivity index (χ1) is 9.19. The van der Waals surface area contributed by atoms with Crippen molar-refractivity contribution in [1.29, 1.82) is 0 Å². The van der Waals surface area contributed by atoms with Crippen LogP contribution in [0.4, 0.5) is 13.2 Å². The first-order valence-electron chi connectivity index (χ1n) is 6.66. The zero-order valence-corrected chi connectivity index (χ0v) is 17.1. The maximum Gasteiger partial charge on any atom is 0 e. The fourth-order valence-corrected chi connectivity index (χ4v) is 7.72. The van der Waals surface area contributed by atoms with Gasteiger partial charge in [0, 0.05) is 20.4 Å². The molecule has 0 aliphatic carbocycles. The predicted molar refractivity (Wildman–Crippen MR) is 86.2 cm³/mol. The molecule has 0 fully saturated rings. The van der Waals surface area contributed by atoms with Crippen molar-refractivity contribution in [2.75, 3.05) is 0 Å². The maximum atomic E-state index is 12.3. The third kappa shape index (κ3) is 8.77. The summed E-state index contributed by atoms with van der Waals surface area (Å²) in [5, 5.41) is 0.389. The molecule has 0 atom stereocenters. The molecule has 0 bridgehead atoms. The first-order valence-corrected chi connectivity index (χ1v) is 9.17. The van der Waals surface area contributed by atoms with Crippen molar-refractivity contribution in [3.63, 3.8) is 0 Å². The molecule has 0 saturated carbocycles.